The van der Waals surface area contributed by atoms with E-state index in [1.54, 1.807) is 5.56 Å². The summed E-state index contributed by atoms with van der Waals surface area (Å²) in [5, 5.41) is 0. The molecule has 2 aliphatic rings. The van der Waals surface area contributed by atoms with Crippen LogP contribution in [-0.4, -0.2) is 6.67 Å². The lowest BCUT2D eigenvalue weighted by atomic mass is 9.74. The molecule has 2 fully saturated rings. The van der Waals surface area contributed by atoms with Crippen molar-refractivity contribution < 1.29 is 4.39 Å². The molecule has 1 aromatic rings. The highest BCUT2D eigenvalue weighted by Crippen LogP contribution is 2.40. The van der Waals surface area contributed by atoms with Gasteiger partial charge in [-0.2, -0.15) is 0 Å². The minimum atomic E-state index is -0.210. The Morgan fingerprint density at radius 1 is 0.833 bits per heavy atom. The summed E-state index contributed by atoms with van der Waals surface area (Å²) in [6.45, 7) is 2.07. The number of hydrogen-bond donors (Lipinski definition) is 0. The number of allylic oxidation sites excluding steroid dienone is 2. The van der Waals surface area contributed by atoms with E-state index in [1.165, 1.54) is 95.5 Å². The molecule has 0 aliphatic heterocycles. The van der Waals surface area contributed by atoms with Crippen molar-refractivity contribution in [2.75, 3.05) is 6.67 Å². The number of halogens is 1. The number of benzene rings is 1. The molecule has 30 heavy (non-hydrogen) atoms. The zero-order valence-corrected chi connectivity index (χ0v) is 19.5. The zero-order chi connectivity index (χ0) is 21.0. The summed E-state index contributed by atoms with van der Waals surface area (Å²) >= 11 is 0. The maximum Gasteiger partial charge on any atom is 0.0928 e. The van der Waals surface area contributed by atoms with E-state index in [0.717, 1.165) is 23.7 Å². The number of aryl methyl sites for hydroxylation is 1. The molecule has 0 N–H and O–H groups in total. The Balaban J connectivity index is 1.31. The first-order chi connectivity index (χ1) is 14.8. The molecule has 2 saturated carbocycles. The molecule has 2 aliphatic carbocycles. The first-order valence-electron chi connectivity index (χ1n) is 13.1. The number of alkyl halides is 1. The second kappa shape index (κ2) is 13.3. The Morgan fingerprint density at radius 2 is 1.47 bits per heavy atom. The van der Waals surface area contributed by atoms with Crippen molar-refractivity contribution in [1.29, 1.82) is 0 Å². The first-order valence-corrected chi connectivity index (χ1v) is 13.1. The van der Waals surface area contributed by atoms with Crippen molar-refractivity contribution in [3.63, 3.8) is 0 Å². The van der Waals surface area contributed by atoms with Crippen LogP contribution in [0, 0.1) is 17.8 Å². The molecule has 0 saturated heterocycles. The van der Waals surface area contributed by atoms with Crippen LogP contribution >= 0.6 is 0 Å². The predicted octanol–water partition coefficient (Wildman–Crippen LogP) is 9.20. The van der Waals surface area contributed by atoms with Crippen LogP contribution < -0.4 is 0 Å². The van der Waals surface area contributed by atoms with E-state index < -0.39 is 0 Å². The van der Waals surface area contributed by atoms with Crippen LogP contribution in [0.3, 0.4) is 0 Å². The smallest absolute Gasteiger partial charge is 0.0928 e. The van der Waals surface area contributed by atoms with Crippen LogP contribution in [-0.2, 0) is 6.42 Å². The topological polar surface area (TPSA) is 0 Å². The van der Waals surface area contributed by atoms with Gasteiger partial charge in [-0.3, -0.25) is 4.39 Å². The lowest BCUT2D eigenvalue weighted by Gasteiger charge is -2.31. The van der Waals surface area contributed by atoms with E-state index in [0.29, 0.717) is 6.42 Å². The Labute approximate surface area is 185 Å². The van der Waals surface area contributed by atoms with Crippen molar-refractivity contribution in [1.82, 2.24) is 0 Å². The summed E-state index contributed by atoms with van der Waals surface area (Å²) in [4.78, 5) is 0. The fourth-order valence-electron chi connectivity index (χ4n) is 5.81. The van der Waals surface area contributed by atoms with Crippen LogP contribution in [0.4, 0.5) is 4.39 Å². The van der Waals surface area contributed by atoms with Gasteiger partial charge >= 0.3 is 0 Å². The van der Waals surface area contributed by atoms with Gasteiger partial charge in [-0.05, 0) is 105 Å². The van der Waals surface area contributed by atoms with Crippen molar-refractivity contribution >= 4 is 0 Å². The molecular weight excluding hydrogens is 367 g/mol. The molecule has 0 amide bonds. The van der Waals surface area contributed by atoms with E-state index in [1.807, 2.05) is 0 Å². The zero-order valence-electron chi connectivity index (χ0n) is 19.5. The van der Waals surface area contributed by atoms with E-state index in [-0.39, 0.29) is 6.67 Å². The summed E-state index contributed by atoms with van der Waals surface area (Å²) < 4.78 is 12.2. The van der Waals surface area contributed by atoms with Gasteiger partial charge < -0.3 is 0 Å². The van der Waals surface area contributed by atoms with Crippen molar-refractivity contribution in [3.05, 3.63) is 47.5 Å². The third kappa shape index (κ3) is 7.86. The van der Waals surface area contributed by atoms with Gasteiger partial charge in [-0.25, -0.2) is 0 Å². The SMILES string of the molecule is CCCCCc1ccc(C2CCC(CCC3CCC(C=CCCF)CC3)CC2)cc1. The van der Waals surface area contributed by atoms with Gasteiger partial charge in [0.1, 0.15) is 0 Å². The Hall–Kier alpha value is -1.11. The van der Waals surface area contributed by atoms with Crippen LogP contribution in [0.1, 0.15) is 114 Å². The minimum Gasteiger partial charge on any atom is -0.251 e. The molecule has 0 nitrogen and oxygen atoms in total. The Morgan fingerprint density at radius 3 is 2.07 bits per heavy atom. The maximum atomic E-state index is 12.2. The predicted molar refractivity (Wildman–Crippen MR) is 129 cm³/mol. The summed E-state index contributed by atoms with van der Waals surface area (Å²) in [6.07, 6.45) is 24.2. The summed E-state index contributed by atoms with van der Waals surface area (Å²) in [5.74, 6) is 3.45. The third-order valence-corrected chi connectivity index (χ3v) is 7.93. The van der Waals surface area contributed by atoms with Crippen LogP contribution in [0.25, 0.3) is 0 Å². The molecule has 0 bridgehead atoms. The summed E-state index contributed by atoms with van der Waals surface area (Å²) in [7, 11) is 0. The second-order valence-corrected chi connectivity index (χ2v) is 10.2. The highest BCUT2D eigenvalue weighted by atomic mass is 19.1. The average Bonchev–Trinajstić information content (AvgIpc) is 2.80. The monoisotopic (exact) mass is 412 g/mol. The molecule has 1 heteroatoms. The molecule has 1 aromatic carbocycles. The summed E-state index contributed by atoms with van der Waals surface area (Å²) in [6, 6.07) is 9.62. The van der Waals surface area contributed by atoms with E-state index >= 15 is 0 Å². The molecule has 168 valence electrons. The molecule has 0 aromatic heterocycles. The summed E-state index contributed by atoms with van der Waals surface area (Å²) in [5.41, 5.74) is 3.11. The normalized spacial score (nSPS) is 27.5. The number of rotatable bonds is 11. The Kier molecular flexibility index (Phi) is 10.5. The van der Waals surface area contributed by atoms with E-state index in [9.17, 15) is 4.39 Å². The standard InChI is InChI=1S/C29H45F/c1-2-3-4-7-25-15-19-28(20-16-25)29-21-17-27(18-22-29)14-13-26-11-9-24(10-12-26)8-5-6-23-30/h5,8,15-16,19-20,24,26-27,29H,2-4,6-7,9-14,17-18,21-23H2,1H3. The highest BCUT2D eigenvalue weighted by molar-refractivity contribution is 5.26. The van der Waals surface area contributed by atoms with Gasteiger partial charge in [0.2, 0.25) is 0 Å². The fourth-order valence-corrected chi connectivity index (χ4v) is 5.81. The van der Waals surface area contributed by atoms with E-state index in [2.05, 4.69) is 43.3 Å². The van der Waals surface area contributed by atoms with Crippen molar-refractivity contribution in [2.24, 2.45) is 17.8 Å². The molecular formula is C29H45F. The maximum absolute atomic E-state index is 12.2. The third-order valence-electron chi connectivity index (χ3n) is 7.93. The van der Waals surface area contributed by atoms with Gasteiger partial charge in [0.25, 0.3) is 0 Å². The van der Waals surface area contributed by atoms with Gasteiger partial charge in [0, 0.05) is 0 Å². The lowest BCUT2D eigenvalue weighted by molar-refractivity contribution is 0.246. The first kappa shape index (κ1) is 23.6. The quantitative estimate of drug-likeness (QED) is 0.251. The van der Waals surface area contributed by atoms with Gasteiger partial charge in [-0.1, -0.05) is 69.0 Å². The van der Waals surface area contributed by atoms with Gasteiger partial charge in [0.05, 0.1) is 6.67 Å². The molecule has 0 radical (unpaired) electrons. The molecule has 3 rings (SSSR count). The fraction of sp³-hybridized carbons (Fsp3) is 0.724. The van der Waals surface area contributed by atoms with Crippen LogP contribution in [0.15, 0.2) is 36.4 Å². The van der Waals surface area contributed by atoms with E-state index in [4.69, 9.17) is 0 Å². The molecule has 0 atom stereocenters. The van der Waals surface area contributed by atoms with Gasteiger partial charge in [-0.15, -0.1) is 0 Å². The largest absolute Gasteiger partial charge is 0.251 e. The van der Waals surface area contributed by atoms with Crippen LogP contribution in [0.2, 0.25) is 0 Å². The molecule has 0 heterocycles. The minimum absolute atomic E-state index is 0.210. The van der Waals surface area contributed by atoms with Gasteiger partial charge in [0.15, 0.2) is 0 Å². The Bertz CT molecular complexity index is 585. The van der Waals surface area contributed by atoms with Crippen LogP contribution in [0.5, 0.6) is 0 Å². The second-order valence-electron chi connectivity index (χ2n) is 10.2. The number of hydrogen-bond acceptors (Lipinski definition) is 0. The van der Waals surface area contributed by atoms with Crippen molar-refractivity contribution in [2.45, 2.75) is 109 Å². The number of unbranched alkanes of at least 4 members (excludes halogenated alkanes) is 2. The average molecular weight is 413 g/mol. The van der Waals surface area contributed by atoms with Crippen molar-refractivity contribution in [3.8, 4) is 0 Å². The highest BCUT2D eigenvalue weighted by Gasteiger charge is 2.24. The molecule has 0 unspecified atom stereocenters. The lowest BCUT2D eigenvalue weighted by Crippen LogP contribution is -2.17. The molecule has 0 spiro atoms.